The van der Waals surface area contributed by atoms with E-state index in [4.69, 9.17) is 4.74 Å². The molecule has 1 N–H and O–H groups in total. The second-order valence-electron chi connectivity index (χ2n) is 5.86. The lowest BCUT2D eigenvalue weighted by molar-refractivity contribution is -0.191. The van der Waals surface area contributed by atoms with Crippen molar-refractivity contribution in [2.75, 3.05) is 0 Å². The van der Waals surface area contributed by atoms with Gasteiger partial charge in [0.1, 0.15) is 0 Å². The second kappa shape index (κ2) is 4.39. The third kappa shape index (κ3) is 2.27. The van der Waals surface area contributed by atoms with Crippen molar-refractivity contribution >= 4 is 5.97 Å². The van der Waals surface area contributed by atoms with Crippen molar-refractivity contribution in [2.24, 2.45) is 0 Å². The van der Waals surface area contributed by atoms with Gasteiger partial charge in [0, 0.05) is 0 Å². The largest absolute Gasteiger partial charge is 0.479 e. The van der Waals surface area contributed by atoms with Crippen LogP contribution in [-0.2, 0) is 21.6 Å². The Balaban J connectivity index is 2.53. The molecule has 0 saturated heterocycles. The summed E-state index contributed by atoms with van der Waals surface area (Å²) in [7, 11) is 0. The maximum absolute atomic E-state index is 11.8. The van der Waals surface area contributed by atoms with Crippen molar-refractivity contribution in [3.05, 3.63) is 35.4 Å². The van der Waals surface area contributed by atoms with Crippen LogP contribution in [0.25, 0.3) is 0 Å². The van der Waals surface area contributed by atoms with Crippen molar-refractivity contribution in [1.29, 1.82) is 0 Å². The molecule has 1 aromatic rings. The Morgan fingerprint density at radius 1 is 1.33 bits per heavy atom. The highest BCUT2D eigenvalue weighted by Crippen LogP contribution is 2.41. The minimum Gasteiger partial charge on any atom is -0.479 e. The molecule has 1 atom stereocenters. The zero-order chi connectivity index (χ0) is 13.4. The fourth-order valence-electron chi connectivity index (χ4n) is 2.69. The molecule has 0 heterocycles. The molecule has 1 aromatic carbocycles. The lowest BCUT2D eigenvalue weighted by Crippen LogP contribution is -2.46. The Morgan fingerprint density at radius 2 is 2.00 bits per heavy atom. The van der Waals surface area contributed by atoms with Crippen LogP contribution in [0.15, 0.2) is 24.3 Å². The summed E-state index contributed by atoms with van der Waals surface area (Å²) in [6.07, 6.45) is 2.31. The summed E-state index contributed by atoms with van der Waals surface area (Å²) in [6, 6.07) is 7.72. The Hall–Kier alpha value is -1.35. The molecule has 3 nitrogen and oxygen atoms in total. The average molecular weight is 248 g/mol. The lowest BCUT2D eigenvalue weighted by atomic mass is 9.78. The van der Waals surface area contributed by atoms with Gasteiger partial charge in [-0.15, -0.1) is 0 Å². The van der Waals surface area contributed by atoms with Crippen LogP contribution >= 0.6 is 0 Å². The van der Waals surface area contributed by atoms with E-state index in [0.717, 1.165) is 24.0 Å². The number of aliphatic carboxylic acids is 1. The second-order valence-corrected chi connectivity index (χ2v) is 5.86. The summed E-state index contributed by atoms with van der Waals surface area (Å²) in [6.45, 7) is 5.69. The van der Waals surface area contributed by atoms with Gasteiger partial charge in [0.15, 0.2) is 5.60 Å². The molecule has 0 radical (unpaired) electrons. The van der Waals surface area contributed by atoms with Gasteiger partial charge in [-0.1, -0.05) is 24.3 Å². The Labute approximate surface area is 108 Å². The first-order valence-corrected chi connectivity index (χ1v) is 6.37. The highest BCUT2D eigenvalue weighted by atomic mass is 16.5. The quantitative estimate of drug-likeness (QED) is 0.874. The third-order valence-corrected chi connectivity index (χ3v) is 3.25. The van der Waals surface area contributed by atoms with Crippen molar-refractivity contribution in [3.8, 4) is 0 Å². The first-order valence-electron chi connectivity index (χ1n) is 6.37. The Kier molecular flexibility index (Phi) is 3.20. The number of benzene rings is 1. The van der Waals surface area contributed by atoms with Gasteiger partial charge in [-0.2, -0.15) is 0 Å². The van der Waals surface area contributed by atoms with E-state index >= 15 is 0 Å². The minimum absolute atomic E-state index is 0.483. The van der Waals surface area contributed by atoms with Crippen LogP contribution in [-0.4, -0.2) is 16.7 Å². The SMILES string of the molecule is CC(C)(C)OC1(C(=O)O)CCCc2ccccc21. The molecule has 0 bridgehead atoms. The van der Waals surface area contributed by atoms with Gasteiger partial charge >= 0.3 is 5.97 Å². The summed E-state index contributed by atoms with van der Waals surface area (Å²) < 4.78 is 5.95. The molecular formula is C15H20O3. The molecule has 3 heteroatoms. The number of rotatable bonds is 2. The Bertz CT molecular complexity index is 459. The van der Waals surface area contributed by atoms with Crippen LogP contribution in [0.2, 0.25) is 0 Å². The molecule has 0 amide bonds. The van der Waals surface area contributed by atoms with Crippen molar-refractivity contribution < 1.29 is 14.6 Å². The van der Waals surface area contributed by atoms with E-state index in [2.05, 4.69) is 0 Å². The van der Waals surface area contributed by atoms with Gasteiger partial charge < -0.3 is 9.84 Å². The normalized spacial score (nSPS) is 23.5. The van der Waals surface area contributed by atoms with E-state index in [1.165, 1.54) is 0 Å². The molecule has 0 fully saturated rings. The lowest BCUT2D eigenvalue weighted by Gasteiger charge is -2.40. The highest BCUT2D eigenvalue weighted by molar-refractivity contribution is 5.80. The van der Waals surface area contributed by atoms with E-state index in [1.54, 1.807) is 0 Å². The fourth-order valence-corrected chi connectivity index (χ4v) is 2.69. The average Bonchev–Trinajstić information content (AvgIpc) is 2.27. The monoisotopic (exact) mass is 248 g/mol. The maximum Gasteiger partial charge on any atom is 0.340 e. The van der Waals surface area contributed by atoms with Crippen molar-refractivity contribution in [1.82, 2.24) is 0 Å². The summed E-state index contributed by atoms with van der Waals surface area (Å²) in [5.41, 5.74) is 0.240. The Morgan fingerprint density at radius 3 is 2.61 bits per heavy atom. The molecular weight excluding hydrogens is 228 g/mol. The van der Waals surface area contributed by atoms with Gasteiger partial charge in [-0.05, 0) is 51.2 Å². The zero-order valence-corrected chi connectivity index (χ0v) is 11.2. The molecule has 1 unspecified atom stereocenters. The molecule has 0 spiro atoms. The summed E-state index contributed by atoms with van der Waals surface area (Å²) >= 11 is 0. The minimum atomic E-state index is -1.19. The van der Waals surface area contributed by atoms with Crippen LogP contribution in [0.3, 0.4) is 0 Å². The fraction of sp³-hybridized carbons (Fsp3) is 0.533. The van der Waals surface area contributed by atoms with Crippen LogP contribution in [0.4, 0.5) is 0 Å². The molecule has 0 aliphatic heterocycles. The topological polar surface area (TPSA) is 46.5 Å². The maximum atomic E-state index is 11.8. The standard InChI is InChI=1S/C15H20O3/c1-14(2,3)18-15(13(16)17)10-6-8-11-7-4-5-9-12(11)15/h4-5,7,9H,6,8,10H2,1-3H3,(H,16,17). The van der Waals surface area contributed by atoms with E-state index in [1.807, 2.05) is 45.0 Å². The van der Waals surface area contributed by atoms with Crippen LogP contribution in [0, 0.1) is 0 Å². The predicted molar refractivity (Wildman–Crippen MR) is 69.5 cm³/mol. The number of fused-ring (bicyclic) bond motifs is 1. The van der Waals surface area contributed by atoms with Crippen molar-refractivity contribution in [2.45, 2.75) is 51.2 Å². The van der Waals surface area contributed by atoms with E-state index in [-0.39, 0.29) is 0 Å². The predicted octanol–water partition coefficient (Wildman–Crippen LogP) is 3.12. The number of carboxylic acid groups (broad SMARTS) is 1. The molecule has 18 heavy (non-hydrogen) atoms. The molecule has 0 saturated carbocycles. The molecule has 1 aliphatic rings. The first kappa shape index (κ1) is 13.1. The van der Waals surface area contributed by atoms with Gasteiger partial charge in [0.25, 0.3) is 0 Å². The van der Waals surface area contributed by atoms with Crippen LogP contribution in [0.1, 0.15) is 44.7 Å². The third-order valence-electron chi connectivity index (χ3n) is 3.25. The first-order chi connectivity index (χ1) is 8.35. The number of carboxylic acids is 1. The van der Waals surface area contributed by atoms with E-state index < -0.39 is 17.2 Å². The molecule has 98 valence electrons. The van der Waals surface area contributed by atoms with E-state index in [0.29, 0.717) is 6.42 Å². The van der Waals surface area contributed by atoms with Crippen LogP contribution in [0.5, 0.6) is 0 Å². The van der Waals surface area contributed by atoms with Gasteiger partial charge in [0.05, 0.1) is 5.60 Å². The van der Waals surface area contributed by atoms with E-state index in [9.17, 15) is 9.90 Å². The molecule has 1 aliphatic carbocycles. The number of hydrogen-bond donors (Lipinski definition) is 1. The van der Waals surface area contributed by atoms with Gasteiger partial charge in [-0.3, -0.25) is 0 Å². The molecule has 2 rings (SSSR count). The number of carbonyl (C=O) groups is 1. The molecule has 0 aromatic heterocycles. The smallest absolute Gasteiger partial charge is 0.340 e. The van der Waals surface area contributed by atoms with Crippen LogP contribution < -0.4 is 0 Å². The zero-order valence-electron chi connectivity index (χ0n) is 11.2. The number of ether oxygens (including phenoxy) is 1. The highest BCUT2D eigenvalue weighted by Gasteiger charge is 2.47. The number of aryl methyl sites for hydroxylation is 1. The van der Waals surface area contributed by atoms with Crippen molar-refractivity contribution in [3.63, 3.8) is 0 Å². The number of hydrogen-bond acceptors (Lipinski definition) is 2. The van der Waals surface area contributed by atoms with Gasteiger partial charge in [-0.25, -0.2) is 4.79 Å². The summed E-state index contributed by atoms with van der Waals surface area (Å²) in [4.78, 5) is 11.8. The summed E-state index contributed by atoms with van der Waals surface area (Å²) in [5, 5.41) is 9.67. The van der Waals surface area contributed by atoms with Gasteiger partial charge in [0.2, 0.25) is 0 Å². The summed E-state index contributed by atoms with van der Waals surface area (Å²) in [5.74, 6) is -0.885.